The standard InChI is InChI=1S/C22H28N2O3/c1-4-14-11-24-9-8-15-21-18(6-5-7-20(21)26)23-22(15)19(24)10-16(14)17(12-27-3)13(2)25/h5-7,12,14-16,19,26H,4,8-11H2,1-3H3/b17-12-/t14-,15?,16+,19+/m1/s1. The molecule has 1 aromatic carbocycles. The van der Waals surface area contributed by atoms with Crippen LogP contribution in [0.4, 0.5) is 5.69 Å². The minimum atomic E-state index is 0.0930. The van der Waals surface area contributed by atoms with Crippen LogP contribution < -0.4 is 0 Å². The van der Waals surface area contributed by atoms with Gasteiger partial charge in [0.1, 0.15) is 5.75 Å². The summed E-state index contributed by atoms with van der Waals surface area (Å²) >= 11 is 0. The number of fused-ring (bicyclic) bond motifs is 5. The van der Waals surface area contributed by atoms with Crippen molar-refractivity contribution in [3.05, 3.63) is 35.6 Å². The first-order chi connectivity index (χ1) is 13.0. The molecule has 2 saturated heterocycles. The van der Waals surface area contributed by atoms with Crippen molar-refractivity contribution in [2.75, 3.05) is 20.2 Å². The minimum Gasteiger partial charge on any atom is -0.508 e. The molecule has 5 heteroatoms. The highest BCUT2D eigenvalue weighted by atomic mass is 16.5. The summed E-state index contributed by atoms with van der Waals surface area (Å²) in [7, 11) is 1.61. The molecular formula is C22H28N2O3. The monoisotopic (exact) mass is 368 g/mol. The van der Waals surface area contributed by atoms with Gasteiger partial charge in [-0.05, 0) is 50.3 Å². The van der Waals surface area contributed by atoms with Gasteiger partial charge in [0, 0.05) is 35.4 Å². The number of piperidine rings is 2. The molecule has 1 aromatic rings. The zero-order chi connectivity index (χ0) is 19.1. The first-order valence-electron chi connectivity index (χ1n) is 9.93. The number of carbonyl (C=O) groups is 1. The number of benzene rings is 1. The fourth-order valence-corrected chi connectivity index (χ4v) is 5.30. The number of ketones is 1. The molecule has 0 radical (unpaired) electrons. The molecule has 144 valence electrons. The second kappa shape index (κ2) is 7.12. The van der Waals surface area contributed by atoms with E-state index in [-0.39, 0.29) is 23.7 Å². The number of methoxy groups -OCH3 is 1. The van der Waals surface area contributed by atoms with Crippen LogP contribution in [0.2, 0.25) is 0 Å². The number of hydrogen-bond donors (Lipinski definition) is 1. The van der Waals surface area contributed by atoms with Crippen molar-refractivity contribution in [3.63, 3.8) is 0 Å². The lowest BCUT2D eigenvalue weighted by Gasteiger charge is -2.48. The zero-order valence-corrected chi connectivity index (χ0v) is 16.3. The maximum atomic E-state index is 12.3. The van der Waals surface area contributed by atoms with E-state index in [0.717, 1.165) is 54.9 Å². The fourth-order valence-electron chi connectivity index (χ4n) is 5.30. The van der Waals surface area contributed by atoms with Crippen molar-refractivity contribution < 1.29 is 14.6 Å². The molecule has 0 saturated carbocycles. The third-order valence-electron chi connectivity index (χ3n) is 6.59. The van der Waals surface area contributed by atoms with E-state index in [4.69, 9.17) is 9.73 Å². The van der Waals surface area contributed by atoms with Gasteiger partial charge < -0.3 is 9.84 Å². The molecule has 1 unspecified atom stereocenters. The first kappa shape index (κ1) is 18.2. The number of phenolic OH excluding ortho intramolecular Hbond substituents is 1. The quantitative estimate of drug-likeness (QED) is 0.649. The van der Waals surface area contributed by atoms with Crippen molar-refractivity contribution >= 4 is 17.2 Å². The van der Waals surface area contributed by atoms with Gasteiger partial charge in [-0.25, -0.2) is 0 Å². The van der Waals surface area contributed by atoms with E-state index in [0.29, 0.717) is 11.7 Å². The van der Waals surface area contributed by atoms with Gasteiger partial charge in [0.05, 0.1) is 19.1 Å². The highest BCUT2D eigenvalue weighted by molar-refractivity contribution is 6.03. The van der Waals surface area contributed by atoms with E-state index in [1.54, 1.807) is 26.4 Å². The Bertz CT molecular complexity index is 814. The summed E-state index contributed by atoms with van der Waals surface area (Å²) in [5.74, 6) is 1.28. The van der Waals surface area contributed by atoms with Crippen LogP contribution in [0.15, 0.2) is 35.0 Å². The van der Waals surface area contributed by atoms with Gasteiger partial charge in [-0.15, -0.1) is 0 Å². The summed E-state index contributed by atoms with van der Waals surface area (Å²) in [4.78, 5) is 19.7. The summed E-state index contributed by atoms with van der Waals surface area (Å²) in [6.45, 7) is 5.83. The van der Waals surface area contributed by atoms with Gasteiger partial charge in [-0.3, -0.25) is 14.7 Å². The van der Waals surface area contributed by atoms with Gasteiger partial charge in [0.2, 0.25) is 0 Å². The van der Waals surface area contributed by atoms with E-state index in [1.165, 1.54) is 0 Å². The topological polar surface area (TPSA) is 62.1 Å². The molecule has 0 amide bonds. The Balaban J connectivity index is 1.68. The molecule has 4 atom stereocenters. The average molecular weight is 368 g/mol. The van der Waals surface area contributed by atoms with Gasteiger partial charge >= 0.3 is 0 Å². The predicted molar refractivity (Wildman–Crippen MR) is 106 cm³/mol. The number of carbonyl (C=O) groups excluding carboxylic acids is 1. The van der Waals surface area contributed by atoms with Crippen molar-refractivity contribution in [2.45, 2.75) is 45.1 Å². The Kier molecular flexibility index (Phi) is 4.81. The number of Topliss-reactive ketones (excluding diaryl/α,β-unsaturated/α-hetero) is 1. The van der Waals surface area contributed by atoms with Crippen LogP contribution in [-0.2, 0) is 9.53 Å². The second-order valence-electron chi connectivity index (χ2n) is 7.97. The highest BCUT2D eigenvalue weighted by Crippen LogP contribution is 2.49. The number of rotatable bonds is 4. The molecule has 0 aromatic heterocycles. The lowest BCUT2D eigenvalue weighted by Crippen LogP contribution is -2.55. The molecular weight excluding hydrogens is 340 g/mol. The molecule has 27 heavy (non-hydrogen) atoms. The molecule has 2 fully saturated rings. The van der Waals surface area contributed by atoms with Gasteiger partial charge in [0.15, 0.2) is 5.78 Å². The van der Waals surface area contributed by atoms with Crippen LogP contribution in [-0.4, -0.2) is 47.7 Å². The summed E-state index contributed by atoms with van der Waals surface area (Å²) in [6, 6.07) is 5.84. The molecule has 0 aliphatic carbocycles. The first-order valence-corrected chi connectivity index (χ1v) is 9.93. The number of aromatic hydroxyl groups is 1. The van der Waals surface area contributed by atoms with Crippen LogP contribution in [0.25, 0.3) is 0 Å². The predicted octanol–water partition coefficient (Wildman–Crippen LogP) is 3.80. The number of allylic oxidation sites excluding steroid dienone is 1. The Hall–Kier alpha value is -2.14. The third-order valence-corrected chi connectivity index (χ3v) is 6.59. The van der Waals surface area contributed by atoms with Crippen molar-refractivity contribution in [1.29, 1.82) is 0 Å². The second-order valence-corrected chi connectivity index (χ2v) is 7.97. The van der Waals surface area contributed by atoms with E-state index in [9.17, 15) is 9.90 Å². The summed E-state index contributed by atoms with van der Waals surface area (Å²) in [5, 5.41) is 10.4. The SMILES string of the molecule is CC[C@@H]1CN2CCC3C(=Nc4cccc(O)c43)[C@@H]2C[C@@H]1/C(=C\OC)C(C)=O. The Morgan fingerprint density at radius 3 is 2.96 bits per heavy atom. The van der Waals surface area contributed by atoms with Gasteiger partial charge in [-0.2, -0.15) is 0 Å². The van der Waals surface area contributed by atoms with Crippen molar-refractivity contribution in [3.8, 4) is 5.75 Å². The number of aliphatic imine (C=N–C) groups is 1. The zero-order valence-electron chi connectivity index (χ0n) is 16.3. The van der Waals surface area contributed by atoms with Crippen LogP contribution in [0.1, 0.15) is 44.6 Å². The van der Waals surface area contributed by atoms with Gasteiger partial charge in [0.25, 0.3) is 0 Å². The van der Waals surface area contributed by atoms with E-state index >= 15 is 0 Å². The Morgan fingerprint density at radius 2 is 2.26 bits per heavy atom. The Morgan fingerprint density at radius 1 is 1.44 bits per heavy atom. The van der Waals surface area contributed by atoms with Crippen LogP contribution in [0, 0.1) is 11.8 Å². The molecule has 4 rings (SSSR count). The highest BCUT2D eigenvalue weighted by Gasteiger charge is 2.46. The fraction of sp³-hybridized carbons (Fsp3) is 0.545. The number of hydrogen-bond acceptors (Lipinski definition) is 5. The van der Waals surface area contributed by atoms with Gasteiger partial charge in [-0.1, -0.05) is 19.4 Å². The maximum Gasteiger partial charge on any atom is 0.159 e. The van der Waals surface area contributed by atoms with E-state index in [2.05, 4.69) is 11.8 Å². The molecule has 3 heterocycles. The van der Waals surface area contributed by atoms with Crippen LogP contribution >= 0.6 is 0 Å². The largest absolute Gasteiger partial charge is 0.508 e. The molecule has 1 N–H and O–H groups in total. The average Bonchev–Trinajstić information content (AvgIpc) is 3.05. The molecule has 0 spiro atoms. The summed E-state index contributed by atoms with van der Waals surface area (Å²) < 4.78 is 5.24. The number of phenols is 1. The lowest BCUT2D eigenvalue weighted by molar-refractivity contribution is -0.114. The maximum absolute atomic E-state index is 12.3. The Labute approximate surface area is 160 Å². The van der Waals surface area contributed by atoms with Crippen LogP contribution in [0.3, 0.4) is 0 Å². The van der Waals surface area contributed by atoms with E-state index < -0.39 is 0 Å². The number of ether oxygens (including phenoxy) is 1. The lowest BCUT2D eigenvalue weighted by atomic mass is 9.71. The summed E-state index contributed by atoms with van der Waals surface area (Å²) in [5.41, 5.74) is 3.86. The van der Waals surface area contributed by atoms with E-state index in [1.807, 2.05) is 12.1 Å². The van der Waals surface area contributed by atoms with Crippen molar-refractivity contribution in [2.24, 2.45) is 16.8 Å². The molecule has 5 nitrogen and oxygen atoms in total. The smallest absolute Gasteiger partial charge is 0.159 e. The summed E-state index contributed by atoms with van der Waals surface area (Å²) in [6.07, 6.45) is 4.56. The number of nitrogens with zero attached hydrogens (tertiary/aromatic N) is 2. The van der Waals surface area contributed by atoms with Crippen LogP contribution in [0.5, 0.6) is 5.75 Å². The van der Waals surface area contributed by atoms with Crippen molar-refractivity contribution in [1.82, 2.24) is 4.90 Å². The third kappa shape index (κ3) is 2.98. The minimum absolute atomic E-state index is 0.0930. The molecule has 3 aliphatic heterocycles. The normalized spacial score (nSPS) is 30.2. The molecule has 0 bridgehead atoms. The molecule has 3 aliphatic rings.